The van der Waals surface area contributed by atoms with E-state index in [1.807, 2.05) is 34.6 Å². The third-order valence-corrected chi connectivity index (χ3v) is 6.26. The first-order valence-corrected chi connectivity index (χ1v) is 10.9. The van der Waals surface area contributed by atoms with Crippen LogP contribution in [0.5, 0.6) is 5.75 Å². The van der Waals surface area contributed by atoms with Crippen molar-refractivity contribution >= 4 is 16.9 Å². The predicted molar refractivity (Wildman–Crippen MR) is 117 cm³/mol. The van der Waals surface area contributed by atoms with Gasteiger partial charge in [-0.25, -0.2) is 0 Å². The van der Waals surface area contributed by atoms with Crippen LogP contribution in [0.15, 0.2) is 6.07 Å². The van der Waals surface area contributed by atoms with Gasteiger partial charge in [-0.2, -0.15) is 5.26 Å². The van der Waals surface area contributed by atoms with Gasteiger partial charge in [-0.05, 0) is 44.7 Å². The number of aromatic amines is 1. The molecule has 0 radical (unpaired) electrons. The summed E-state index contributed by atoms with van der Waals surface area (Å²) in [6.45, 7) is 11.2. The number of carboxylic acids is 1. The van der Waals surface area contributed by atoms with Crippen molar-refractivity contribution in [3.8, 4) is 11.8 Å². The SMILES string of the molecule is CCC(C)[C@@]1(CC(=O)O)OCCc2c1[nH]c1c(C)c(OCCOC(C)C)cc(C#N)c21. The van der Waals surface area contributed by atoms with Crippen molar-refractivity contribution in [2.75, 3.05) is 19.8 Å². The number of carbonyl (C=O) groups is 1. The number of aromatic nitrogens is 1. The fourth-order valence-corrected chi connectivity index (χ4v) is 4.50. The summed E-state index contributed by atoms with van der Waals surface area (Å²) in [6, 6.07) is 4.08. The van der Waals surface area contributed by atoms with Crippen LogP contribution < -0.4 is 4.74 Å². The Bertz CT molecular complexity index is 1000. The molecule has 1 unspecified atom stereocenters. The number of nitriles is 1. The van der Waals surface area contributed by atoms with E-state index < -0.39 is 11.6 Å². The average Bonchev–Trinajstić information content (AvgIpc) is 3.13. The summed E-state index contributed by atoms with van der Waals surface area (Å²) in [5.74, 6) is -0.285. The molecule has 2 N–H and O–H groups in total. The van der Waals surface area contributed by atoms with E-state index in [2.05, 4.69) is 11.1 Å². The number of hydrogen-bond acceptors (Lipinski definition) is 5. The maximum absolute atomic E-state index is 11.8. The molecule has 0 fully saturated rings. The number of H-pyrrole nitrogens is 1. The smallest absolute Gasteiger partial charge is 0.306 e. The number of nitrogens with zero attached hydrogens (tertiary/aromatic N) is 1. The van der Waals surface area contributed by atoms with Crippen molar-refractivity contribution in [3.63, 3.8) is 0 Å². The molecule has 2 atom stereocenters. The van der Waals surface area contributed by atoms with Crippen LogP contribution >= 0.6 is 0 Å². The van der Waals surface area contributed by atoms with Crippen LogP contribution in [-0.4, -0.2) is 42.0 Å². The Labute approximate surface area is 183 Å². The van der Waals surface area contributed by atoms with E-state index in [0.717, 1.165) is 34.1 Å². The second-order valence-corrected chi connectivity index (χ2v) is 8.52. The number of aryl methyl sites for hydroxylation is 1. The predicted octanol–water partition coefficient (Wildman–Crippen LogP) is 4.44. The molecule has 0 saturated carbocycles. The van der Waals surface area contributed by atoms with Crippen LogP contribution in [0.4, 0.5) is 0 Å². The maximum Gasteiger partial charge on any atom is 0.306 e. The molecule has 1 aliphatic rings. The Morgan fingerprint density at radius 2 is 2.13 bits per heavy atom. The lowest BCUT2D eigenvalue weighted by atomic mass is 9.77. The highest BCUT2D eigenvalue weighted by atomic mass is 16.5. The first kappa shape index (κ1) is 23.1. The molecule has 2 aromatic rings. The number of carboxylic acid groups (broad SMARTS) is 1. The Hall–Kier alpha value is -2.56. The largest absolute Gasteiger partial charge is 0.491 e. The zero-order valence-corrected chi connectivity index (χ0v) is 19.0. The molecule has 2 heterocycles. The lowest BCUT2D eigenvalue weighted by molar-refractivity contribution is -0.155. The molecular formula is C24H32N2O5. The van der Waals surface area contributed by atoms with Gasteiger partial charge >= 0.3 is 5.97 Å². The third kappa shape index (κ3) is 4.28. The number of nitrogens with one attached hydrogen (secondary N) is 1. The minimum atomic E-state index is -0.946. The van der Waals surface area contributed by atoms with Crippen molar-refractivity contribution in [2.24, 2.45) is 5.92 Å². The molecule has 168 valence electrons. The molecule has 7 nitrogen and oxygen atoms in total. The molecule has 7 heteroatoms. The van der Waals surface area contributed by atoms with E-state index in [1.165, 1.54) is 0 Å². The van der Waals surface area contributed by atoms with Gasteiger partial charge in [0, 0.05) is 10.9 Å². The van der Waals surface area contributed by atoms with Crippen LogP contribution in [0.25, 0.3) is 10.9 Å². The van der Waals surface area contributed by atoms with Crippen molar-refractivity contribution in [2.45, 2.75) is 65.6 Å². The number of benzene rings is 1. The van der Waals surface area contributed by atoms with Gasteiger partial charge in [-0.15, -0.1) is 0 Å². The number of ether oxygens (including phenoxy) is 3. The third-order valence-electron chi connectivity index (χ3n) is 6.26. The van der Waals surface area contributed by atoms with E-state index in [4.69, 9.17) is 14.2 Å². The highest BCUT2D eigenvalue weighted by molar-refractivity contribution is 5.94. The molecule has 0 aliphatic carbocycles. The number of fused-ring (bicyclic) bond motifs is 3. The Balaban J connectivity index is 2.13. The summed E-state index contributed by atoms with van der Waals surface area (Å²) in [5, 5.41) is 20.4. The van der Waals surface area contributed by atoms with Crippen molar-refractivity contribution in [3.05, 3.63) is 28.5 Å². The first-order chi connectivity index (χ1) is 14.7. The molecule has 0 amide bonds. The van der Waals surface area contributed by atoms with Crippen LogP contribution in [-0.2, 0) is 26.3 Å². The van der Waals surface area contributed by atoms with Gasteiger partial charge in [-0.3, -0.25) is 4.79 Å². The number of hydrogen-bond donors (Lipinski definition) is 2. The molecular weight excluding hydrogens is 396 g/mol. The second-order valence-electron chi connectivity index (χ2n) is 8.52. The highest BCUT2D eigenvalue weighted by Crippen LogP contribution is 2.47. The summed E-state index contributed by atoms with van der Waals surface area (Å²) in [7, 11) is 0. The van der Waals surface area contributed by atoms with Crippen molar-refractivity contribution in [1.29, 1.82) is 5.26 Å². The molecule has 31 heavy (non-hydrogen) atoms. The van der Waals surface area contributed by atoms with Gasteiger partial charge < -0.3 is 24.3 Å². The van der Waals surface area contributed by atoms with Gasteiger partial charge in [0.15, 0.2) is 0 Å². The number of aliphatic carboxylic acids is 1. The standard InChI is InChI=1S/C24H32N2O5/c1-6-15(4)24(12-20(27)28)23-18(7-8-31-24)21-17(13-25)11-19(16(5)22(21)26-23)30-10-9-29-14(2)3/h11,14-15,26H,6-10,12H2,1-5H3,(H,27,28)/t15?,24-/m1/s1. The molecule has 0 spiro atoms. The van der Waals surface area contributed by atoms with Crippen molar-refractivity contribution in [1.82, 2.24) is 4.98 Å². The molecule has 1 aliphatic heterocycles. The molecule has 0 bridgehead atoms. The average molecular weight is 429 g/mol. The fraction of sp³-hybridized carbons (Fsp3) is 0.583. The second kappa shape index (κ2) is 9.29. The molecule has 1 aromatic heterocycles. The molecule has 0 saturated heterocycles. The summed E-state index contributed by atoms with van der Waals surface area (Å²) in [6.07, 6.45) is 1.40. The van der Waals surface area contributed by atoms with Gasteiger partial charge in [0.25, 0.3) is 0 Å². The van der Waals surface area contributed by atoms with Gasteiger partial charge in [0.05, 0.1) is 48.6 Å². The number of rotatable bonds is 9. The van der Waals surface area contributed by atoms with Crippen LogP contribution in [0, 0.1) is 24.2 Å². The molecule has 1 aromatic carbocycles. The Morgan fingerprint density at radius 1 is 1.39 bits per heavy atom. The van der Waals surface area contributed by atoms with E-state index in [0.29, 0.717) is 37.6 Å². The van der Waals surface area contributed by atoms with Gasteiger partial charge in [-0.1, -0.05) is 20.3 Å². The summed E-state index contributed by atoms with van der Waals surface area (Å²) in [4.78, 5) is 15.2. The summed E-state index contributed by atoms with van der Waals surface area (Å²) >= 11 is 0. The Kier molecular flexibility index (Phi) is 6.93. The monoisotopic (exact) mass is 428 g/mol. The van der Waals surface area contributed by atoms with E-state index in [-0.39, 0.29) is 18.4 Å². The zero-order chi connectivity index (χ0) is 22.8. The maximum atomic E-state index is 11.8. The van der Waals surface area contributed by atoms with Gasteiger partial charge in [0.2, 0.25) is 0 Å². The quantitative estimate of drug-likeness (QED) is 0.572. The lowest BCUT2D eigenvalue weighted by Gasteiger charge is -2.40. The minimum absolute atomic E-state index is 0.00884. The minimum Gasteiger partial charge on any atom is -0.491 e. The molecule has 3 rings (SSSR count). The topological polar surface area (TPSA) is 105 Å². The fourth-order valence-electron chi connectivity index (χ4n) is 4.50. The normalized spacial score (nSPS) is 19.3. The van der Waals surface area contributed by atoms with Gasteiger partial charge in [0.1, 0.15) is 18.0 Å². The van der Waals surface area contributed by atoms with Crippen LogP contribution in [0.2, 0.25) is 0 Å². The van der Waals surface area contributed by atoms with Crippen LogP contribution in [0.1, 0.15) is 62.9 Å². The van der Waals surface area contributed by atoms with E-state index >= 15 is 0 Å². The van der Waals surface area contributed by atoms with Crippen LogP contribution in [0.3, 0.4) is 0 Å². The van der Waals surface area contributed by atoms with E-state index in [9.17, 15) is 15.2 Å². The Morgan fingerprint density at radius 3 is 2.74 bits per heavy atom. The first-order valence-electron chi connectivity index (χ1n) is 10.9. The zero-order valence-electron chi connectivity index (χ0n) is 19.0. The summed E-state index contributed by atoms with van der Waals surface area (Å²) in [5.41, 5.74) is 3.04. The van der Waals surface area contributed by atoms with Crippen molar-refractivity contribution < 1.29 is 24.1 Å². The lowest BCUT2D eigenvalue weighted by Crippen LogP contribution is -2.43. The summed E-state index contributed by atoms with van der Waals surface area (Å²) < 4.78 is 17.7. The van der Waals surface area contributed by atoms with E-state index in [1.54, 1.807) is 6.07 Å². The highest BCUT2D eigenvalue weighted by Gasteiger charge is 2.46.